The molecule has 2 aliphatic rings. The molecule has 2 aliphatic heterocycles. The van der Waals surface area contributed by atoms with Gasteiger partial charge >= 0.3 is 0 Å². The maximum absolute atomic E-state index is 13.2. The number of para-hydroxylation sites is 2. The molecule has 2 amide bonds. The molecule has 6 heteroatoms. The lowest BCUT2D eigenvalue weighted by molar-refractivity contribution is -0.117. The Labute approximate surface area is 159 Å². The van der Waals surface area contributed by atoms with Crippen LogP contribution in [-0.4, -0.2) is 37.5 Å². The Morgan fingerprint density at radius 3 is 2.37 bits per heavy atom. The third kappa shape index (κ3) is 3.17. The van der Waals surface area contributed by atoms with Crippen LogP contribution in [0.1, 0.15) is 30.6 Å². The summed E-state index contributed by atoms with van der Waals surface area (Å²) in [6.45, 7) is 5.97. The molecule has 0 unspecified atom stereocenters. The number of rotatable bonds is 2. The molecule has 140 valence electrons. The Balaban J connectivity index is 1.63. The SMILES string of the molecule is CC(=O)N1c2ccccc2N(C(=O)c2ccc(N3CCCN3)cc2)C[C@@H]1C. The summed E-state index contributed by atoms with van der Waals surface area (Å²) in [5.41, 5.74) is 6.60. The zero-order valence-corrected chi connectivity index (χ0v) is 15.7. The van der Waals surface area contributed by atoms with Crippen LogP contribution in [0, 0.1) is 0 Å². The molecule has 2 aromatic rings. The molecule has 27 heavy (non-hydrogen) atoms. The molecular formula is C21H24N4O2. The largest absolute Gasteiger partial charge is 0.308 e. The molecule has 0 aliphatic carbocycles. The minimum atomic E-state index is -0.0746. The van der Waals surface area contributed by atoms with E-state index in [1.54, 1.807) is 16.7 Å². The summed E-state index contributed by atoms with van der Waals surface area (Å²) in [6, 6.07) is 15.2. The second kappa shape index (κ2) is 7.04. The van der Waals surface area contributed by atoms with Crippen LogP contribution in [0.2, 0.25) is 0 Å². The second-order valence-electron chi connectivity index (χ2n) is 7.10. The predicted molar refractivity (Wildman–Crippen MR) is 107 cm³/mol. The number of hydrogen-bond donors (Lipinski definition) is 1. The van der Waals surface area contributed by atoms with E-state index in [-0.39, 0.29) is 17.9 Å². The second-order valence-corrected chi connectivity index (χ2v) is 7.10. The summed E-state index contributed by atoms with van der Waals surface area (Å²) in [6.07, 6.45) is 1.12. The van der Waals surface area contributed by atoms with Crippen LogP contribution >= 0.6 is 0 Å². The van der Waals surface area contributed by atoms with Gasteiger partial charge in [-0.3, -0.25) is 9.59 Å². The normalized spacial score (nSPS) is 19.2. The lowest BCUT2D eigenvalue weighted by atomic mass is 10.1. The van der Waals surface area contributed by atoms with Gasteiger partial charge in [0.05, 0.1) is 23.1 Å². The molecule has 0 aromatic heterocycles. The topological polar surface area (TPSA) is 55.9 Å². The minimum absolute atomic E-state index is 0.00971. The van der Waals surface area contributed by atoms with Gasteiger partial charge in [-0.1, -0.05) is 12.1 Å². The van der Waals surface area contributed by atoms with E-state index in [1.807, 2.05) is 55.5 Å². The Hall–Kier alpha value is -2.86. The minimum Gasteiger partial charge on any atom is -0.308 e. The average molecular weight is 364 g/mol. The van der Waals surface area contributed by atoms with Crippen molar-refractivity contribution in [1.82, 2.24) is 5.43 Å². The van der Waals surface area contributed by atoms with Crippen LogP contribution in [0.25, 0.3) is 0 Å². The van der Waals surface area contributed by atoms with Crippen LogP contribution < -0.4 is 20.2 Å². The van der Waals surface area contributed by atoms with E-state index in [9.17, 15) is 9.59 Å². The highest BCUT2D eigenvalue weighted by molar-refractivity contribution is 6.10. The summed E-state index contributed by atoms with van der Waals surface area (Å²) >= 11 is 0. The number of carbonyl (C=O) groups is 2. The summed E-state index contributed by atoms with van der Waals surface area (Å²) < 4.78 is 0. The molecule has 1 fully saturated rings. The van der Waals surface area contributed by atoms with Crippen molar-refractivity contribution in [2.24, 2.45) is 0 Å². The Morgan fingerprint density at radius 2 is 1.74 bits per heavy atom. The number of carbonyl (C=O) groups excluding carboxylic acids is 2. The van der Waals surface area contributed by atoms with Crippen molar-refractivity contribution >= 4 is 28.9 Å². The first kappa shape index (κ1) is 17.5. The highest BCUT2D eigenvalue weighted by Crippen LogP contribution is 2.36. The first-order valence-electron chi connectivity index (χ1n) is 9.38. The fraction of sp³-hybridized carbons (Fsp3) is 0.333. The molecule has 0 bridgehead atoms. The zero-order valence-electron chi connectivity index (χ0n) is 15.7. The Bertz CT molecular complexity index is 859. The van der Waals surface area contributed by atoms with E-state index in [2.05, 4.69) is 10.4 Å². The number of anilines is 3. The van der Waals surface area contributed by atoms with E-state index in [4.69, 9.17) is 0 Å². The molecule has 4 rings (SSSR count). The molecule has 0 saturated carbocycles. The van der Waals surface area contributed by atoms with Gasteiger partial charge in [0.15, 0.2) is 0 Å². The van der Waals surface area contributed by atoms with Crippen LogP contribution in [0.3, 0.4) is 0 Å². The molecule has 1 saturated heterocycles. The standard InChI is InChI=1S/C21H24N4O2/c1-15-14-23(19-6-3-4-7-20(19)25(15)16(2)26)21(27)17-8-10-18(11-9-17)24-13-5-12-22-24/h3-4,6-11,15,22H,5,12-14H2,1-2H3/t15-/m0/s1. The van der Waals surface area contributed by atoms with Gasteiger partial charge in [0.1, 0.15) is 0 Å². The van der Waals surface area contributed by atoms with Gasteiger partial charge in [-0.05, 0) is 49.7 Å². The van der Waals surface area contributed by atoms with E-state index in [0.29, 0.717) is 12.1 Å². The van der Waals surface area contributed by atoms with Gasteiger partial charge in [0.2, 0.25) is 5.91 Å². The zero-order chi connectivity index (χ0) is 19.0. The lowest BCUT2D eigenvalue weighted by Gasteiger charge is -2.40. The first-order valence-corrected chi connectivity index (χ1v) is 9.38. The predicted octanol–water partition coefficient (Wildman–Crippen LogP) is 2.80. The van der Waals surface area contributed by atoms with E-state index in [0.717, 1.165) is 36.6 Å². The number of fused-ring (bicyclic) bond motifs is 1. The lowest BCUT2D eigenvalue weighted by Crippen LogP contribution is -2.51. The van der Waals surface area contributed by atoms with E-state index >= 15 is 0 Å². The molecule has 2 heterocycles. The van der Waals surface area contributed by atoms with Gasteiger partial charge in [-0.2, -0.15) is 0 Å². The molecular weight excluding hydrogens is 340 g/mol. The third-order valence-electron chi connectivity index (χ3n) is 5.19. The number of hydrogen-bond acceptors (Lipinski definition) is 4. The Morgan fingerprint density at radius 1 is 1.04 bits per heavy atom. The molecule has 1 atom stereocenters. The van der Waals surface area contributed by atoms with Crippen LogP contribution in [0.5, 0.6) is 0 Å². The summed E-state index contributed by atoms with van der Waals surface area (Å²) in [4.78, 5) is 28.8. The van der Waals surface area contributed by atoms with Gasteiger partial charge < -0.3 is 14.8 Å². The maximum Gasteiger partial charge on any atom is 0.258 e. The van der Waals surface area contributed by atoms with Crippen molar-refractivity contribution in [3.05, 3.63) is 54.1 Å². The van der Waals surface area contributed by atoms with Crippen molar-refractivity contribution in [2.75, 3.05) is 34.4 Å². The molecule has 1 N–H and O–H groups in total. The molecule has 0 radical (unpaired) electrons. The highest BCUT2D eigenvalue weighted by atomic mass is 16.2. The molecule has 2 aromatic carbocycles. The van der Waals surface area contributed by atoms with Crippen molar-refractivity contribution < 1.29 is 9.59 Å². The van der Waals surface area contributed by atoms with E-state index < -0.39 is 0 Å². The fourth-order valence-electron chi connectivity index (χ4n) is 3.94. The summed E-state index contributed by atoms with van der Waals surface area (Å²) in [5.74, 6) is -0.0528. The smallest absolute Gasteiger partial charge is 0.258 e. The van der Waals surface area contributed by atoms with Crippen molar-refractivity contribution in [3.63, 3.8) is 0 Å². The van der Waals surface area contributed by atoms with Gasteiger partial charge in [-0.25, -0.2) is 5.43 Å². The fourth-order valence-corrected chi connectivity index (χ4v) is 3.94. The third-order valence-corrected chi connectivity index (χ3v) is 5.19. The average Bonchev–Trinajstić information content (AvgIpc) is 3.21. The number of hydrazine groups is 1. The Kier molecular flexibility index (Phi) is 4.58. The highest BCUT2D eigenvalue weighted by Gasteiger charge is 2.33. The van der Waals surface area contributed by atoms with Crippen molar-refractivity contribution in [3.8, 4) is 0 Å². The molecule has 6 nitrogen and oxygen atoms in total. The summed E-state index contributed by atoms with van der Waals surface area (Å²) in [7, 11) is 0. The first-order chi connectivity index (χ1) is 13.1. The number of nitrogens with one attached hydrogen (secondary N) is 1. The van der Waals surface area contributed by atoms with Crippen molar-refractivity contribution in [2.45, 2.75) is 26.3 Å². The van der Waals surface area contributed by atoms with Crippen molar-refractivity contribution in [1.29, 1.82) is 0 Å². The van der Waals surface area contributed by atoms with E-state index in [1.165, 1.54) is 0 Å². The number of benzene rings is 2. The monoisotopic (exact) mass is 364 g/mol. The molecule has 0 spiro atoms. The number of nitrogens with zero attached hydrogens (tertiary/aromatic N) is 3. The van der Waals surface area contributed by atoms with Gasteiger partial charge in [-0.15, -0.1) is 0 Å². The summed E-state index contributed by atoms with van der Waals surface area (Å²) in [5, 5.41) is 2.11. The van der Waals surface area contributed by atoms with Gasteiger partial charge in [0, 0.05) is 32.1 Å². The quantitative estimate of drug-likeness (QED) is 0.890. The van der Waals surface area contributed by atoms with Gasteiger partial charge in [0.25, 0.3) is 5.91 Å². The maximum atomic E-state index is 13.2. The van der Waals surface area contributed by atoms with Crippen LogP contribution in [-0.2, 0) is 4.79 Å². The van der Waals surface area contributed by atoms with Crippen LogP contribution in [0.15, 0.2) is 48.5 Å². The van der Waals surface area contributed by atoms with Crippen LogP contribution in [0.4, 0.5) is 17.1 Å². The number of amides is 2.